The quantitative estimate of drug-likeness (QED) is 0.117. The lowest BCUT2D eigenvalue weighted by atomic mass is 9.99. The van der Waals surface area contributed by atoms with Crippen LogP contribution in [0.1, 0.15) is 34.3 Å². The zero-order valence-electron chi connectivity index (χ0n) is 31.1. The van der Waals surface area contributed by atoms with Crippen molar-refractivity contribution in [3.05, 3.63) is 108 Å². The first kappa shape index (κ1) is 37.0. The first-order chi connectivity index (χ1) is 25.9. The molecule has 1 amide bonds. The number of likely N-dealkylation sites (tertiary alicyclic amines) is 1. The Bertz CT molecular complexity index is 1960. The Morgan fingerprint density at radius 2 is 1.26 bits per heavy atom. The number of ether oxygens (including phenoxy) is 6. The van der Waals surface area contributed by atoms with Crippen molar-refractivity contribution in [2.24, 2.45) is 0 Å². The summed E-state index contributed by atoms with van der Waals surface area (Å²) < 4.78 is 33.3. The van der Waals surface area contributed by atoms with Gasteiger partial charge in [0.05, 0.1) is 48.4 Å². The average Bonchev–Trinajstić information content (AvgIpc) is 3.22. The number of rotatable bonds is 14. The molecule has 0 N–H and O–H groups in total. The van der Waals surface area contributed by atoms with E-state index in [1.54, 1.807) is 48.9 Å². The maximum atomic E-state index is 14.1. The number of methoxy groups -OCH3 is 6. The van der Waals surface area contributed by atoms with E-state index in [1.807, 2.05) is 78.0 Å². The van der Waals surface area contributed by atoms with Gasteiger partial charge in [-0.3, -0.25) is 19.7 Å². The molecule has 0 aliphatic carbocycles. The SMILES string of the molecule is COc1cc(-c2cncc(CN(C(=O)c3ccccc3)C3CCN(Cc4ccnc(-c5cc(OC)c(OC)c(OC)c5)c4)CC3)c2)cc(OC)c1OC. The smallest absolute Gasteiger partial charge is 0.254 e. The van der Waals surface area contributed by atoms with Gasteiger partial charge in [0, 0.05) is 67.5 Å². The summed E-state index contributed by atoms with van der Waals surface area (Å²) in [4.78, 5) is 27.8. The van der Waals surface area contributed by atoms with Crippen LogP contribution >= 0.6 is 0 Å². The monoisotopic (exact) mass is 718 g/mol. The molecule has 0 unspecified atom stereocenters. The number of benzene rings is 3. The molecule has 5 aromatic rings. The highest BCUT2D eigenvalue weighted by Crippen LogP contribution is 2.42. The van der Waals surface area contributed by atoms with Crippen LogP contribution < -0.4 is 28.4 Å². The summed E-state index contributed by atoms with van der Waals surface area (Å²) in [6.45, 7) is 2.87. The zero-order chi connectivity index (χ0) is 37.3. The van der Waals surface area contributed by atoms with E-state index >= 15 is 0 Å². The predicted molar refractivity (Wildman–Crippen MR) is 203 cm³/mol. The largest absolute Gasteiger partial charge is 0.493 e. The van der Waals surface area contributed by atoms with Crippen molar-refractivity contribution in [3.63, 3.8) is 0 Å². The van der Waals surface area contributed by atoms with Crippen LogP contribution in [0, 0.1) is 0 Å². The van der Waals surface area contributed by atoms with Crippen molar-refractivity contribution in [2.45, 2.75) is 32.0 Å². The van der Waals surface area contributed by atoms with Crippen LogP contribution in [-0.4, -0.2) is 87.5 Å². The van der Waals surface area contributed by atoms with E-state index < -0.39 is 0 Å². The van der Waals surface area contributed by atoms with E-state index in [0.29, 0.717) is 46.6 Å². The fourth-order valence-electron chi connectivity index (χ4n) is 6.90. The summed E-state index contributed by atoms with van der Waals surface area (Å²) in [7, 11) is 9.58. The van der Waals surface area contributed by atoms with Gasteiger partial charge in [-0.15, -0.1) is 0 Å². The molecule has 276 valence electrons. The van der Waals surface area contributed by atoms with E-state index in [4.69, 9.17) is 28.4 Å². The molecule has 6 rings (SSSR count). The first-order valence-electron chi connectivity index (χ1n) is 17.5. The standard InChI is InChI=1S/C42H46N4O7/c1-48-36-20-31(21-37(49-2)40(36)52-5)33-18-29(24-43-25-33)27-46(42(47)30-10-8-7-9-11-30)34-13-16-45(17-14-34)26-28-12-15-44-35(19-28)32-22-38(50-3)41(53-6)39(23-32)51-4/h7-12,15,18-25,34H,13-14,16-17,26-27H2,1-6H3. The molecule has 0 atom stereocenters. The third-order valence-corrected chi connectivity index (χ3v) is 9.62. The van der Waals surface area contributed by atoms with Crippen molar-refractivity contribution in [3.8, 4) is 56.9 Å². The first-order valence-corrected chi connectivity index (χ1v) is 17.5. The summed E-state index contributed by atoms with van der Waals surface area (Å²) in [5.74, 6) is 3.35. The van der Waals surface area contributed by atoms with Crippen LogP contribution in [0.2, 0.25) is 0 Å². The zero-order valence-corrected chi connectivity index (χ0v) is 31.1. The second-order valence-corrected chi connectivity index (χ2v) is 12.8. The number of carbonyl (C=O) groups excluding carboxylic acids is 1. The summed E-state index contributed by atoms with van der Waals surface area (Å²) in [5, 5.41) is 0. The number of hydrogen-bond acceptors (Lipinski definition) is 10. The molecule has 11 heteroatoms. The molecule has 11 nitrogen and oxygen atoms in total. The molecular formula is C42H46N4O7. The highest BCUT2D eigenvalue weighted by molar-refractivity contribution is 5.94. The van der Waals surface area contributed by atoms with Gasteiger partial charge in [-0.05, 0) is 84.1 Å². The van der Waals surface area contributed by atoms with Crippen molar-refractivity contribution >= 4 is 5.91 Å². The fourth-order valence-corrected chi connectivity index (χ4v) is 6.90. The maximum Gasteiger partial charge on any atom is 0.254 e. The predicted octanol–water partition coefficient (Wildman–Crippen LogP) is 7.17. The molecule has 0 bridgehead atoms. The molecule has 1 aliphatic rings. The van der Waals surface area contributed by atoms with Crippen LogP contribution in [0.3, 0.4) is 0 Å². The molecule has 0 radical (unpaired) electrons. The minimum Gasteiger partial charge on any atom is -0.493 e. The van der Waals surface area contributed by atoms with Crippen molar-refractivity contribution < 1.29 is 33.2 Å². The average molecular weight is 719 g/mol. The van der Waals surface area contributed by atoms with Crippen LogP contribution in [-0.2, 0) is 13.1 Å². The number of hydrogen-bond donors (Lipinski definition) is 0. The highest BCUT2D eigenvalue weighted by atomic mass is 16.5. The number of pyridine rings is 2. The van der Waals surface area contributed by atoms with Gasteiger partial charge < -0.3 is 33.3 Å². The summed E-state index contributed by atoms with van der Waals surface area (Å²) in [5.41, 5.74) is 6.19. The highest BCUT2D eigenvalue weighted by Gasteiger charge is 2.29. The summed E-state index contributed by atoms with van der Waals surface area (Å²) in [6.07, 6.45) is 7.14. The second-order valence-electron chi connectivity index (χ2n) is 12.8. The topological polar surface area (TPSA) is 105 Å². The van der Waals surface area contributed by atoms with E-state index in [2.05, 4.69) is 27.0 Å². The van der Waals surface area contributed by atoms with Crippen LogP contribution in [0.5, 0.6) is 34.5 Å². The minimum atomic E-state index is 0.00589. The molecule has 2 aromatic heterocycles. The van der Waals surface area contributed by atoms with Gasteiger partial charge in [-0.25, -0.2) is 0 Å². The number of aromatic nitrogens is 2. The number of amides is 1. The lowest BCUT2D eigenvalue weighted by Crippen LogP contribution is -2.46. The number of carbonyl (C=O) groups is 1. The number of nitrogens with zero attached hydrogens (tertiary/aromatic N) is 4. The molecule has 3 heterocycles. The van der Waals surface area contributed by atoms with Gasteiger partial charge in [-0.1, -0.05) is 18.2 Å². The van der Waals surface area contributed by atoms with E-state index in [0.717, 1.165) is 66.0 Å². The van der Waals surface area contributed by atoms with Gasteiger partial charge >= 0.3 is 0 Å². The second kappa shape index (κ2) is 17.1. The Labute approximate surface area is 311 Å². The Kier molecular flexibility index (Phi) is 12.0. The van der Waals surface area contributed by atoms with E-state index in [-0.39, 0.29) is 11.9 Å². The minimum absolute atomic E-state index is 0.00589. The Hall–Kier alpha value is -5.81. The molecule has 3 aromatic carbocycles. The lowest BCUT2D eigenvalue weighted by Gasteiger charge is -2.39. The van der Waals surface area contributed by atoms with Crippen LogP contribution in [0.25, 0.3) is 22.4 Å². The third kappa shape index (κ3) is 8.31. The lowest BCUT2D eigenvalue weighted by molar-refractivity contribution is 0.0542. The number of piperidine rings is 1. The summed E-state index contributed by atoms with van der Waals surface area (Å²) in [6, 6.07) is 23.4. The van der Waals surface area contributed by atoms with Crippen LogP contribution in [0.15, 0.2) is 91.4 Å². The molecule has 0 spiro atoms. The van der Waals surface area contributed by atoms with Gasteiger partial charge in [0.1, 0.15) is 0 Å². The molecule has 53 heavy (non-hydrogen) atoms. The van der Waals surface area contributed by atoms with E-state index in [1.165, 1.54) is 0 Å². The Balaban J connectivity index is 1.19. The Morgan fingerprint density at radius 1 is 0.679 bits per heavy atom. The molecule has 1 fully saturated rings. The van der Waals surface area contributed by atoms with Crippen molar-refractivity contribution in [1.29, 1.82) is 0 Å². The maximum absolute atomic E-state index is 14.1. The van der Waals surface area contributed by atoms with Gasteiger partial charge in [-0.2, -0.15) is 0 Å². The molecule has 1 aliphatic heterocycles. The van der Waals surface area contributed by atoms with Crippen LogP contribution in [0.4, 0.5) is 0 Å². The van der Waals surface area contributed by atoms with Crippen molar-refractivity contribution in [1.82, 2.24) is 19.8 Å². The third-order valence-electron chi connectivity index (χ3n) is 9.62. The Morgan fingerprint density at radius 3 is 1.83 bits per heavy atom. The molecule has 0 saturated carbocycles. The fraction of sp³-hybridized carbons (Fsp3) is 0.310. The summed E-state index contributed by atoms with van der Waals surface area (Å²) >= 11 is 0. The van der Waals surface area contributed by atoms with E-state index in [9.17, 15) is 4.79 Å². The van der Waals surface area contributed by atoms with Gasteiger partial charge in [0.2, 0.25) is 11.5 Å². The van der Waals surface area contributed by atoms with Gasteiger partial charge in [0.15, 0.2) is 23.0 Å². The van der Waals surface area contributed by atoms with Crippen molar-refractivity contribution in [2.75, 3.05) is 55.7 Å². The molecular weight excluding hydrogens is 672 g/mol. The van der Waals surface area contributed by atoms with Gasteiger partial charge in [0.25, 0.3) is 5.91 Å². The normalized spacial score (nSPS) is 13.2. The molecule has 1 saturated heterocycles.